The highest BCUT2D eigenvalue weighted by molar-refractivity contribution is 6.09. The fourth-order valence-electron chi connectivity index (χ4n) is 5.37. The summed E-state index contributed by atoms with van der Waals surface area (Å²) >= 11 is 0. The van der Waals surface area contributed by atoms with Crippen molar-refractivity contribution in [1.29, 1.82) is 0 Å². The molecule has 0 aliphatic carbocycles. The molecule has 8 heteroatoms. The first-order valence-electron chi connectivity index (χ1n) is 11.7. The van der Waals surface area contributed by atoms with Crippen LogP contribution in [0.25, 0.3) is 0 Å². The first-order valence-corrected chi connectivity index (χ1v) is 11.7. The molecule has 2 heterocycles. The van der Waals surface area contributed by atoms with Crippen LogP contribution in [0.4, 0.5) is 0 Å². The topological polar surface area (TPSA) is 114 Å². The maximum atomic E-state index is 13.0. The van der Waals surface area contributed by atoms with Crippen LogP contribution >= 0.6 is 0 Å². The van der Waals surface area contributed by atoms with Gasteiger partial charge in [-0.1, -0.05) is 72.8 Å². The van der Waals surface area contributed by atoms with Gasteiger partial charge in [-0.15, -0.1) is 0 Å². The summed E-state index contributed by atoms with van der Waals surface area (Å²) in [5, 5.41) is 16.0. The Morgan fingerprint density at radius 3 is 2.22 bits per heavy atom. The number of nitrogens with one attached hydrogen (secondary N) is 2. The summed E-state index contributed by atoms with van der Waals surface area (Å²) in [6.07, 6.45) is 0.0334. The Kier molecular flexibility index (Phi) is 6.20. The highest BCUT2D eigenvalue weighted by atomic mass is 16.5. The highest BCUT2D eigenvalue weighted by Gasteiger charge is 2.66. The standard InChI is InChI=1S/C28H26N2O6/c1-35-20-14-8-13-19(24(20)36-16-18-11-6-3-7-12-18)23-21-22(26(32)29-25(21)31)28(30-23,27(33)34)15-17-9-4-2-5-10-17/h2-14,21-23,30H,15-16H2,1H3,(H,33,34)(H,29,31,32). The molecule has 2 fully saturated rings. The summed E-state index contributed by atoms with van der Waals surface area (Å²) < 4.78 is 11.7. The highest BCUT2D eigenvalue weighted by Crippen LogP contribution is 2.50. The number of carbonyl (C=O) groups excluding carboxylic acids is 2. The summed E-state index contributed by atoms with van der Waals surface area (Å²) in [5.74, 6) is -3.47. The van der Waals surface area contributed by atoms with Crippen LogP contribution in [-0.4, -0.2) is 35.5 Å². The van der Waals surface area contributed by atoms with Crippen LogP contribution in [0, 0.1) is 11.8 Å². The average molecular weight is 487 g/mol. The van der Waals surface area contributed by atoms with Gasteiger partial charge in [-0.2, -0.15) is 0 Å². The van der Waals surface area contributed by atoms with Crippen molar-refractivity contribution in [2.75, 3.05) is 7.11 Å². The van der Waals surface area contributed by atoms with Crippen molar-refractivity contribution in [2.45, 2.75) is 24.6 Å². The van der Waals surface area contributed by atoms with Crippen molar-refractivity contribution < 1.29 is 29.0 Å². The Bertz CT molecular complexity index is 1300. The maximum Gasteiger partial charge on any atom is 0.325 e. The molecule has 2 saturated heterocycles. The largest absolute Gasteiger partial charge is 0.493 e. The minimum atomic E-state index is -1.69. The van der Waals surface area contributed by atoms with Crippen LogP contribution in [-0.2, 0) is 27.4 Å². The van der Waals surface area contributed by atoms with E-state index in [1.165, 1.54) is 7.11 Å². The molecule has 2 aliphatic heterocycles. The van der Waals surface area contributed by atoms with E-state index in [1.54, 1.807) is 18.2 Å². The summed E-state index contributed by atoms with van der Waals surface area (Å²) in [5.41, 5.74) is 0.544. The Hall–Kier alpha value is -4.17. The molecular weight excluding hydrogens is 460 g/mol. The number of hydrogen-bond acceptors (Lipinski definition) is 6. The molecule has 3 N–H and O–H groups in total. The number of imide groups is 1. The zero-order valence-electron chi connectivity index (χ0n) is 19.6. The van der Waals surface area contributed by atoms with E-state index in [2.05, 4.69) is 10.6 Å². The third kappa shape index (κ3) is 3.99. The van der Waals surface area contributed by atoms with E-state index >= 15 is 0 Å². The number of amides is 2. The van der Waals surface area contributed by atoms with Gasteiger partial charge in [-0.05, 0) is 17.2 Å². The molecule has 0 radical (unpaired) electrons. The lowest BCUT2D eigenvalue weighted by atomic mass is 9.76. The second-order valence-corrected chi connectivity index (χ2v) is 9.07. The second-order valence-electron chi connectivity index (χ2n) is 9.07. The van der Waals surface area contributed by atoms with Gasteiger partial charge in [0.1, 0.15) is 12.1 Å². The number of para-hydroxylation sites is 1. The predicted octanol–water partition coefficient (Wildman–Crippen LogP) is 2.87. The summed E-state index contributed by atoms with van der Waals surface area (Å²) in [6.45, 7) is 0.244. The van der Waals surface area contributed by atoms with E-state index in [9.17, 15) is 19.5 Å². The second kappa shape index (κ2) is 9.47. The molecular formula is C28H26N2O6. The molecule has 5 rings (SSSR count). The maximum absolute atomic E-state index is 13.0. The van der Waals surface area contributed by atoms with E-state index in [0.29, 0.717) is 17.1 Å². The number of methoxy groups -OCH3 is 1. The summed E-state index contributed by atoms with van der Waals surface area (Å²) in [7, 11) is 1.52. The SMILES string of the molecule is COc1cccc(C2NC(Cc3ccccc3)(C(=O)O)C3C(=O)NC(=O)C23)c1OCc1ccccc1. The van der Waals surface area contributed by atoms with Crippen molar-refractivity contribution in [2.24, 2.45) is 11.8 Å². The lowest BCUT2D eigenvalue weighted by Crippen LogP contribution is -2.57. The van der Waals surface area contributed by atoms with Crippen molar-refractivity contribution in [3.8, 4) is 11.5 Å². The lowest BCUT2D eigenvalue weighted by Gasteiger charge is -2.30. The number of aliphatic carboxylic acids is 1. The third-order valence-corrected chi connectivity index (χ3v) is 6.99. The van der Waals surface area contributed by atoms with Gasteiger partial charge in [-0.25, -0.2) is 0 Å². The number of rotatable bonds is 8. The van der Waals surface area contributed by atoms with Crippen LogP contribution in [0.1, 0.15) is 22.7 Å². The molecule has 0 aromatic heterocycles. The quantitative estimate of drug-likeness (QED) is 0.420. The summed E-state index contributed by atoms with van der Waals surface area (Å²) in [6, 6.07) is 23.1. The average Bonchev–Trinajstić information content (AvgIpc) is 3.40. The Morgan fingerprint density at radius 1 is 0.917 bits per heavy atom. The molecule has 4 unspecified atom stereocenters. The molecule has 4 atom stereocenters. The number of carboxylic acid groups (broad SMARTS) is 1. The molecule has 2 aliphatic rings. The predicted molar refractivity (Wildman–Crippen MR) is 130 cm³/mol. The number of carbonyl (C=O) groups is 3. The Morgan fingerprint density at radius 2 is 1.58 bits per heavy atom. The van der Waals surface area contributed by atoms with Crippen molar-refractivity contribution in [3.05, 3.63) is 95.6 Å². The van der Waals surface area contributed by atoms with Gasteiger partial charge in [0.05, 0.1) is 18.9 Å². The molecule has 36 heavy (non-hydrogen) atoms. The summed E-state index contributed by atoms with van der Waals surface area (Å²) in [4.78, 5) is 38.8. The molecule has 184 valence electrons. The van der Waals surface area contributed by atoms with Crippen molar-refractivity contribution >= 4 is 17.8 Å². The van der Waals surface area contributed by atoms with Gasteiger partial charge in [0.25, 0.3) is 0 Å². The minimum Gasteiger partial charge on any atom is -0.493 e. The Balaban J connectivity index is 1.58. The van der Waals surface area contributed by atoms with Gasteiger partial charge < -0.3 is 14.6 Å². The fourth-order valence-corrected chi connectivity index (χ4v) is 5.37. The van der Waals surface area contributed by atoms with Gasteiger partial charge in [0.15, 0.2) is 11.5 Å². The van der Waals surface area contributed by atoms with E-state index in [-0.39, 0.29) is 13.0 Å². The van der Waals surface area contributed by atoms with Crippen LogP contribution < -0.4 is 20.1 Å². The smallest absolute Gasteiger partial charge is 0.325 e. The van der Waals surface area contributed by atoms with Gasteiger partial charge in [-0.3, -0.25) is 25.0 Å². The molecule has 0 bridgehead atoms. The van der Waals surface area contributed by atoms with Gasteiger partial charge in [0.2, 0.25) is 11.8 Å². The van der Waals surface area contributed by atoms with E-state index in [1.807, 2.05) is 60.7 Å². The van der Waals surface area contributed by atoms with E-state index < -0.39 is 41.2 Å². The molecule has 0 saturated carbocycles. The van der Waals surface area contributed by atoms with Crippen LogP contribution in [0.3, 0.4) is 0 Å². The molecule has 8 nitrogen and oxygen atoms in total. The van der Waals surface area contributed by atoms with Gasteiger partial charge >= 0.3 is 5.97 Å². The molecule has 3 aromatic carbocycles. The zero-order valence-corrected chi connectivity index (χ0v) is 19.6. The fraction of sp³-hybridized carbons (Fsp3) is 0.250. The number of benzene rings is 3. The first-order chi connectivity index (χ1) is 17.4. The lowest BCUT2D eigenvalue weighted by molar-refractivity contribution is -0.149. The number of fused-ring (bicyclic) bond motifs is 1. The monoisotopic (exact) mass is 486 g/mol. The number of hydrogen-bond donors (Lipinski definition) is 3. The van der Waals surface area contributed by atoms with Crippen molar-refractivity contribution in [1.82, 2.24) is 10.6 Å². The third-order valence-electron chi connectivity index (χ3n) is 6.99. The minimum absolute atomic E-state index is 0.0334. The van der Waals surface area contributed by atoms with Crippen LogP contribution in [0.5, 0.6) is 11.5 Å². The number of ether oxygens (including phenoxy) is 2. The number of carboxylic acids is 1. The zero-order chi connectivity index (χ0) is 25.3. The van der Waals surface area contributed by atoms with Crippen LogP contribution in [0.15, 0.2) is 78.9 Å². The van der Waals surface area contributed by atoms with E-state index in [0.717, 1.165) is 11.1 Å². The molecule has 3 aromatic rings. The van der Waals surface area contributed by atoms with Gasteiger partial charge in [0, 0.05) is 18.0 Å². The Labute approximate surface area is 208 Å². The molecule has 0 spiro atoms. The normalized spacial score (nSPS) is 24.8. The van der Waals surface area contributed by atoms with E-state index in [4.69, 9.17) is 9.47 Å². The molecule has 2 amide bonds. The van der Waals surface area contributed by atoms with Crippen molar-refractivity contribution in [3.63, 3.8) is 0 Å². The van der Waals surface area contributed by atoms with Crippen LogP contribution in [0.2, 0.25) is 0 Å². The first kappa shape index (κ1) is 23.6.